The van der Waals surface area contributed by atoms with Crippen LogP contribution in [-0.2, 0) is 17.6 Å². The number of ketones is 1. The number of ether oxygens (including phenoxy) is 1. The summed E-state index contributed by atoms with van der Waals surface area (Å²) in [6, 6.07) is 8.26. The first-order valence-corrected chi connectivity index (χ1v) is 10.9. The number of thiocarbonyl (C=S) groups is 1. The normalized spacial score (nSPS) is 21.6. The lowest BCUT2D eigenvalue weighted by atomic mass is 9.82. The lowest BCUT2D eigenvalue weighted by molar-refractivity contribution is 0.0519. The fourth-order valence-corrected chi connectivity index (χ4v) is 4.09. The van der Waals surface area contributed by atoms with Gasteiger partial charge in [0.15, 0.2) is 5.78 Å². The number of nitrogens with zero attached hydrogens (tertiary/aromatic N) is 1. The van der Waals surface area contributed by atoms with Crippen LogP contribution in [0.2, 0.25) is 0 Å². The Kier molecular flexibility index (Phi) is 7.12. The van der Waals surface area contributed by atoms with Crippen LogP contribution < -0.4 is 0 Å². The molecule has 138 valence electrons. The predicted molar refractivity (Wildman–Crippen MR) is 119 cm³/mol. The summed E-state index contributed by atoms with van der Waals surface area (Å²) in [5, 5.41) is 1.11. The first-order valence-electron chi connectivity index (χ1n) is 9.19. The third-order valence-electron chi connectivity index (χ3n) is 5.51. The lowest BCUT2D eigenvalue weighted by Crippen LogP contribution is -2.25. The number of carbonyl (C=O) groups excluding carboxylic acids is 1. The minimum Gasteiger partial charge on any atom is -0.381 e. The number of hydrogen-bond acceptors (Lipinski definition) is 4. The van der Waals surface area contributed by atoms with Crippen molar-refractivity contribution in [2.75, 3.05) is 7.11 Å². The molecule has 0 N–H and O–H groups in total. The van der Waals surface area contributed by atoms with Gasteiger partial charge >= 0.3 is 0 Å². The van der Waals surface area contributed by atoms with Crippen LogP contribution >= 0.6 is 34.8 Å². The number of hydrogen-bond donors (Lipinski definition) is 0. The monoisotopic (exact) mass is 481 g/mol. The van der Waals surface area contributed by atoms with Gasteiger partial charge in [-0.3, -0.25) is 9.78 Å². The number of benzene rings is 1. The SMILES string of the molecule is COC1CCC(C(=O)c2ccc3nc4c(cc3c2)CCC4)CC1.S=CI. The molecule has 2 aliphatic rings. The minimum atomic E-state index is 0.154. The molecule has 0 radical (unpaired) electrons. The van der Waals surface area contributed by atoms with Gasteiger partial charge in [0, 0.05) is 33.0 Å². The van der Waals surface area contributed by atoms with Gasteiger partial charge in [0.1, 0.15) is 0 Å². The maximum absolute atomic E-state index is 12.8. The number of halogens is 1. The third kappa shape index (κ3) is 4.49. The van der Waals surface area contributed by atoms with Gasteiger partial charge in [0.05, 0.1) is 11.6 Å². The van der Waals surface area contributed by atoms with Crippen molar-refractivity contribution in [2.24, 2.45) is 5.92 Å². The van der Waals surface area contributed by atoms with Gasteiger partial charge in [0.2, 0.25) is 0 Å². The second kappa shape index (κ2) is 9.33. The maximum Gasteiger partial charge on any atom is 0.165 e. The Morgan fingerprint density at radius 2 is 1.96 bits per heavy atom. The second-order valence-electron chi connectivity index (χ2n) is 7.02. The highest BCUT2D eigenvalue weighted by atomic mass is 127. The maximum atomic E-state index is 12.8. The standard InChI is InChI=1S/C20H23NO2.CHIS/c1-23-17-8-5-13(6-9-17)20(22)15-7-10-19-16(12-15)11-14-3-2-4-18(14)21-19;2-1-3/h7,10-13,17H,2-6,8-9H2,1H3;1H. The molecule has 0 bridgehead atoms. The van der Waals surface area contributed by atoms with E-state index < -0.39 is 0 Å². The predicted octanol–water partition coefficient (Wildman–Crippen LogP) is 5.49. The van der Waals surface area contributed by atoms with E-state index in [2.05, 4.69) is 18.3 Å². The Balaban J connectivity index is 0.000000613. The molecule has 1 heterocycles. The molecule has 26 heavy (non-hydrogen) atoms. The molecule has 1 aromatic carbocycles. The van der Waals surface area contributed by atoms with Gasteiger partial charge in [0.25, 0.3) is 0 Å². The highest BCUT2D eigenvalue weighted by molar-refractivity contribution is 14.1. The van der Waals surface area contributed by atoms with Gasteiger partial charge in [-0.2, -0.15) is 0 Å². The zero-order valence-electron chi connectivity index (χ0n) is 15.0. The summed E-state index contributed by atoms with van der Waals surface area (Å²) in [5.74, 6) is 0.447. The van der Waals surface area contributed by atoms with Gasteiger partial charge < -0.3 is 4.74 Å². The Labute approximate surface area is 174 Å². The molecular formula is C21H24INO2S. The molecule has 2 aliphatic carbocycles. The van der Waals surface area contributed by atoms with E-state index in [1.807, 2.05) is 40.8 Å². The second-order valence-corrected chi connectivity index (χ2v) is 8.72. The van der Waals surface area contributed by atoms with Crippen molar-refractivity contribution >= 4 is 54.9 Å². The van der Waals surface area contributed by atoms with E-state index in [0.717, 1.165) is 55.0 Å². The Morgan fingerprint density at radius 1 is 1.23 bits per heavy atom. The lowest BCUT2D eigenvalue weighted by Gasteiger charge is -2.26. The average Bonchev–Trinajstić information content (AvgIpc) is 3.13. The van der Waals surface area contributed by atoms with E-state index in [1.165, 1.54) is 17.7 Å². The third-order valence-corrected chi connectivity index (χ3v) is 5.51. The van der Waals surface area contributed by atoms with Crippen LogP contribution in [0.1, 0.15) is 53.7 Å². The molecule has 4 rings (SSSR count). The molecule has 0 aliphatic heterocycles. The average molecular weight is 481 g/mol. The first-order chi connectivity index (χ1) is 12.7. The smallest absolute Gasteiger partial charge is 0.165 e. The summed E-state index contributed by atoms with van der Waals surface area (Å²) in [7, 11) is 1.77. The summed E-state index contributed by atoms with van der Waals surface area (Å²) in [6.45, 7) is 0. The Hall–Kier alpha value is -0.920. The van der Waals surface area contributed by atoms with Crippen molar-refractivity contribution in [3.8, 4) is 0 Å². The van der Waals surface area contributed by atoms with Crippen molar-refractivity contribution in [2.45, 2.75) is 51.0 Å². The van der Waals surface area contributed by atoms with Crippen molar-refractivity contribution in [3.05, 3.63) is 41.1 Å². The number of aromatic nitrogens is 1. The van der Waals surface area contributed by atoms with E-state index in [4.69, 9.17) is 9.72 Å². The van der Waals surface area contributed by atoms with Gasteiger partial charge in [-0.05, 0) is 97.4 Å². The highest BCUT2D eigenvalue weighted by Gasteiger charge is 2.27. The van der Waals surface area contributed by atoms with Gasteiger partial charge in [-0.25, -0.2) is 0 Å². The van der Waals surface area contributed by atoms with Crippen LogP contribution in [0.5, 0.6) is 0 Å². The van der Waals surface area contributed by atoms with Crippen LogP contribution in [0.4, 0.5) is 0 Å². The fraction of sp³-hybridized carbons (Fsp3) is 0.476. The molecule has 1 saturated carbocycles. The zero-order chi connectivity index (χ0) is 18.5. The molecule has 0 saturated heterocycles. The molecule has 3 nitrogen and oxygen atoms in total. The van der Waals surface area contributed by atoms with Gasteiger partial charge in [-0.1, -0.05) is 12.2 Å². The number of carbonyl (C=O) groups is 1. The van der Waals surface area contributed by atoms with E-state index in [9.17, 15) is 4.79 Å². The summed E-state index contributed by atoms with van der Waals surface area (Å²) < 4.78 is 6.96. The number of aryl methyl sites for hydroxylation is 2. The van der Waals surface area contributed by atoms with E-state index in [-0.39, 0.29) is 5.92 Å². The topological polar surface area (TPSA) is 39.2 Å². The molecule has 1 aromatic heterocycles. The fourth-order valence-electron chi connectivity index (χ4n) is 4.09. The number of pyridine rings is 1. The van der Waals surface area contributed by atoms with Crippen LogP contribution in [0.15, 0.2) is 24.3 Å². The molecule has 0 spiro atoms. The highest BCUT2D eigenvalue weighted by Crippen LogP contribution is 2.30. The molecule has 1 fully saturated rings. The summed E-state index contributed by atoms with van der Waals surface area (Å²) in [6.07, 6.45) is 7.63. The number of fused-ring (bicyclic) bond motifs is 2. The van der Waals surface area contributed by atoms with E-state index in [1.54, 1.807) is 10.5 Å². The van der Waals surface area contributed by atoms with Crippen molar-refractivity contribution in [1.82, 2.24) is 4.98 Å². The summed E-state index contributed by atoms with van der Waals surface area (Å²) >= 11 is 6.23. The largest absolute Gasteiger partial charge is 0.381 e. The number of rotatable bonds is 3. The van der Waals surface area contributed by atoms with Crippen LogP contribution in [-0.4, -0.2) is 27.4 Å². The zero-order valence-corrected chi connectivity index (χ0v) is 18.0. The van der Waals surface area contributed by atoms with E-state index in [0.29, 0.717) is 11.9 Å². The van der Waals surface area contributed by atoms with Crippen LogP contribution in [0.3, 0.4) is 0 Å². The van der Waals surface area contributed by atoms with Crippen LogP contribution in [0.25, 0.3) is 10.9 Å². The molecule has 0 atom stereocenters. The first kappa shape index (κ1) is 19.8. The number of methoxy groups -OCH3 is 1. The molecular weight excluding hydrogens is 457 g/mol. The molecule has 5 heteroatoms. The molecule has 0 unspecified atom stereocenters. The van der Waals surface area contributed by atoms with Crippen molar-refractivity contribution < 1.29 is 9.53 Å². The summed E-state index contributed by atoms with van der Waals surface area (Å²) in [4.78, 5) is 17.6. The number of Topliss-reactive ketones (excluding diaryl/α,β-unsaturated/α-hetero) is 1. The van der Waals surface area contributed by atoms with E-state index >= 15 is 0 Å². The quantitative estimate of drug-likeness (QED) is 0.252. The van der Waals surface area contributed by atoms with Crippen molar-refractivity contribution in [3.63, 3.8) is 0 Å². The van der Waals surface area contributed by atoms with Crippen molar-refractivity contribution in [1.29, 1.82) is 0 Å². The Bertz CT molecular complexity index is 800. The Morgan fingerprint density at radius 3 is 2.65 bits per heavy atom. The molecule has 2 aromatic rings. The van der Waals surface area contributed by atoms with Crippen LogP contribution in [0, 0.1) is 5.92 Å². The minimum absolute atomic E-state index is 0.154. The summed E-state index contributed by atoms with van der Waals surface area (Å²) in [5.41, 5.74) is 4.47. The molecule has 0 amide bonds. The van der Waals surface area contributed by atoms with Gasteiger partial charge in [-0.15, -0.1) is 0 Å².